The van der Waals surface area contributed by atoms with Crippen LogP contribution in [0.1, 0.15) is 13.8 Å². The van der Waals surface area contributed by atoms with Gasteiger partial charge in [-0.05, 0) is 6.92 Å². The van der Waals surface area contributed by atoms with Crippen LogP contribution >= 0.6 is 0 Å². The van der Waals surface area contributed by atoms with Gasteiger partial charge >= 0.3 is 0 Å². The smallest absolute Gasteiger partial charge is 0.293 e. The standard InChI is InChI=1S/C11H19N5O/c1-4-16(7-8(2)9(12)13)10-11(17)15(3)6-5-14-10/h5-6,8H,4,7H2,1-3H3,(H3,12,13). The molecular weight excluding hydrogens is 218 g/mol. The van der Waals surface area contributed by atoms with Crippen LogP contribution in [0.2, 0.25) is 0 Å². The average molecular weight is 237 g/mol. The van der Waals surface area contributed by atoms with Crippen LogP contribution in [0.15, 0.2) is 17.2 Å². The van der Waals surface area contributed by atoms with Crippen LogP contribution in [0.25, 0.3) is 0 Å². The molecule has 0 fully saturated rings. The molecule has 1 rings (SSSR count). The summed E-state index contributed by atoms with van der Waals surface area (Å²) in [5.41, 5.74) is 5.30. The van der Waals surface area contributed by atoms with Crippen molar-refractivity contribution in [2.75, 3.05) is 18.0 Å². The molecule has 1 atom stereocenters. The van der Waals surface area contributed by atoms with Crippen molar-refractivity contribution in [3.8, 4) is 0 Å². The number of nitrogens with two attached hydrogens (primary N) is 1. The number of rotatable bonds is 5. The topological polar surface area (TPSA) is 88.0 Å². The minimum atomic E-state index is -0.134. The number of nitrogens with one attached hydrogen (secondary N) is 1. The lowest BCUT2D eigenvalue weighted by Crippen LogP contribution is -2.38. The molecule has 6 heteroatoms. The molecule has 0 aromatic carbocycles. The van der Waals surface area contributed by atoms with Crippen LogP contribution < -0.4 is 16.2 Å². The molecule has 0 saturated carbocycles. The Kier molecular flexibility index (Phi) is 4.25. The predicted octanol–water partition coefficient (Wildman–Crippen LogP) is 0.179. The molecule has 0 radical (unpaired) electrons. The van der Waals surface area contributed by atoms with Gasteiger partial charge in [-0.2, -0.15) is 0 Å². The molecule has 0 aliphatic rings. The van der Waals surface area contributed by atoms with Gasteiger partial charge in [0.25, 0.3) is 5.56 Å². The van der Waals surface area contributed by atoms with Crippen molar-refractivity contribution in [2.45, 2.75) is 13.8 Å². The Morgan fingerprint density at radius 1 is 1.71 bits per heavy atom. The van der Waals surface area contributed by atoms with Crippen molar-refractivity contribution in [3.05, 3.63) is 22.7 Å². The summed E-state index contributed by atoms with van der Waals surface area (Å²) in [5.74, 6) is 0.434. The highest BCUT2D eigenvalue weighted by Gasteiger charge is 2.15. The first-order chi connectivity index (χ1) is 7.97. The SMILES string of the molecule is CCN(CC(C)C(=N)N)c1nccn(C)c1=O. The lowest BCUT2D eigenvalue weighted by atomic mass is 10.1. The first-order valence-electron chi connectivity index (χ1n) is 5.57. The van der Waals surface area contributed by atoms with Crippen molar-refractivity contribution in [3.63, 3.8) is 0 Å². The number of hydrogen-bond acceptors (Lipinski definition) is 4. The number of nitrogens with zero attached hydrogens (tertiary/aromatic N) is 3. The highest BCUT2D eigenvalue weighted by molar-refractivity contribution is 5.79. The van der Waals surface area contributed by atoms with Gasteiger partial charge in [-0.25, -0.2) is 4.98 Å². The summed E-state index contributed by atoms with van der Waals surface area (Å²) >= 11 is 0. The average Bonchev–Trinajstić information content (AvgIpc) is 2.29. The van der Waals surface area contributed by atoms with E-state index in [2.05, 4.69) is 4.98 Å². The van der Waals surface area contributed by atoms with Crippen molar-refractivity contribution < 1.29 is 0 Å². The quantitative estimate of drug-likeness (QED) is 0.565. The molecule has 6 nitrogen and oxygen atoms in total. The second-order valence-electron chi connectivity index (χ2n) is 4.06. The van der Waals surface area contributed by atoms with Crippen LogP contribution in [0.3, 0.4) is 0 Å². The van der Waals surface area contributed by atoms with Crippen LogP contribution in [0.5, 0.6) is 0 Å². The van der Waals surface area contributed by atoms with E-state index in [0.717, 1.165) is 0 Å². The Morgan fingerprint density at radius 3 is 2.88 bits per heavy atom. The summed E-state index contributed by atoms with van der Waals surface area (Å²) in [5, 5.41) is 7.37. The van der Waals surface area contributed by atoms with E-state index in [1.165, 1.54) is 4.57 Å². The van der Waals surface area contributed by atoms with Crippen LogP contribution in [-0.4, -0.2) is 28.5 Å². The van der Waals surface area contributed by atoms with Gasteiger partial charge < -0.3 is 15.2 Å². The minimum absolute atomic E-state index is 0.0957. The predicted molar refractivity (Wildman–Crippen MR) is 68.4 cm³/mol. The molecular formula is C11H19N5O. The van der Waals surface area contributed by atoms with E-state index >= 15 is 0 Å². The fraction of sp³-hybridized carbons (Fsp3) is 0.545. The summed E-state index contributed by atoms with van der Waals surface area (Å²) in [6.07, 6.45) is 3.21. The molecule has 1 unspecified atom stereocenters. The third-order valence-electron chi connectivity index (χ3n) is 2.71. The highest BCUT2D eigenvalue weighted by atomic mass is 16.1. The summed E-state index contributed by atoms with van der Waals surface area (Å²) in [6, 6.07) is 0. The van der Waals surface area contributed by atoms with E-state index in [1.807, 2.05) is 18.7 Å². The monoisotopic (exact) mass is 237 g/mol. The van der Waals surface area contributed by atoms with E-state index < -0.39 is 0 Å². The highest BCUT2D eigenvalue weighted by Crippen LogP contribution is 2.06. The molecule has 94 valence electrons. The number of aromatic nitrogens is 2. The summed E-state index contributed by atoms with van der Waals surface area (Å²) in [6.45, 7) is 4.99. The van der Waals surface area contributed by atoms with Crippen molar-refractivity contribution >= 4 is 11.7 Å². The third kappa shape index (κ3) is 3.05. The Bertz CT molecular complexity index is 453. The van der Waals surface area contributed by atoms with Crippen LogP contribution in [0, 0.1) is 11.3 Å². The number of aryl methyl sites for hydroxylation is 1. The molecule has 0 saturated heterocycles. The zero-order valence-corrected chi connectivity index (χ0v) is 10.5. The number of amidine groups is 1. The maximum Gasteiger partial charge on any atom is 0.293 e. The van der Waals surface area contributed by atoms with E-state index in [1.54, 1.807) is 19.4 Å². The van der Waals surface area contributed by atoms with Crippen LogP contribution in [-0.2, 0) is 7.05 Å². The zero-order valence-electron chi connectivity index (χ0n) is 10.5. The van der Waals surface area contributed by atoms with Gasteiger partial charge in [0.05, 0.1) is 5.84 Å². The lowest BCUT2D eigenvalue weighted by molar-refractivity contribution is 0.679. The summed E-state index contributed by atoms with van der Waals surface area (Å²) in [4.78, 5) is 17.8. The molecule has 0 bridgehead atoms. The molecule has 0 amide bonds. The van der Waals surface area contributed by atoms with E-state index in [4.69, 9.17) is 11.1 Å². The minimum Gasteiger partial charge on any atom is -0.387 e. The first-order valence-corrected chi connectivity index (χ1v) is 5.57. The van der Waals surface area contributed by atoms with Crippen molar-refractivity contribution in [2.24, 2.45) is 18.7 Å². The fourth-order valence-corrected chi connectivity index (χ4v) is 1.50. The van der Waals surface area contributed by atoms with Gasteiger partial charge in [-0.3, -0.25) is 10.2 Å². The third-order valence-corrected chi connectivity index (χ3v) is 2.71. The second-order valence-corrected chi connectivity index (χ2v) is 4.06. The Hall–Kier alpha value is -1.85. The van der Waals surface area contributed by atoms with E-state index in [-0.39, 0.29) is 17.3 Å². The van der Waals surface area contributed by atoms with Crippen molar-refractivity contribution in [1.82, 2.24) is 9.55 Å². The molecule has 0 spiro atoms. The summed E-state index contributed by atoms with van der Waals surface area (Å²) in [7, 11) is 1.69. The van der Waals surface area contributed by atoms with Gasteiger partial charge in [-0.1, -0.05) is 6.92 Å². The largest absolute Gasteiger partial charge is 0.387 e. The lowest BCUT2D eigenvalue weighted by Gasteiger charge is -2.24. The molecule has 0 aliphatic heterocycles. The molecule has 17 heavy (non-hydrogen) atoms. The molecule has 3 N–H and O–H groups in total. The maximum absolute atomic E-state index is 11.9. The Labute approximate surface area is 101 Å². The zero-order chi connectivity index (χ0) is 13.0. The van der Waals surface area contributed by atoms with Gasteiger partial charge in [0.15, 0.2) is 5.82 Å². The maximum atomic E-state index is 11.9. The molecule has 1 aromatic heterocycles. The van der Waals surface area contributed by atoms with Crippen LogP contribution in [0.4, 0.5) is 5.82 Å². The Balaban J connectivity index is 2.98. The van der Waals surface area contributed by atoms with Gasteiger partial charge in [0.1, 0.15) is 0 Å². The first kappa shape index (κ1) is 13.2. The van der Waals surface area contributed by atoms with Gasteiger partial charge in [0, 0.05) is 38.4 Å². The van der Waals surface area contributed by atoms with Crippen molar-refractivity contribution in [1.29, 1.82) is 5.41 Å². The van der Waals surface area contributed by atoms with E-state index in [0.29, 0.717) is 18.9 Å². The van der Waals surface area contributed by atoms with E-state index in [9.17, 15) is 4.79 Å². The summed E-state index contributed by atoms with van der Waals surface area (Å²) < 4.78 is 1.49. The fourth-order valence-electron chi connectivity index (χ4n) is 1.50. The van der Waals surface area contributed by atoms with Gasteiger partial charge in [-0.15, -0.1) is 0 Å². The molecule has 1 heterocycles. The van der Waals surface area contributed by atoms with Gasteiger partial charge in [0.2, 0.25) is 0 Å². The molecule has 1 aromatic rings. The number of hydrogen-bond donors (Lipinski definition) is 2. The second kappa shape index (κ2) is 5.47. The number of anilines is 1. The normalized spacial score (nSPS) is 12.2. The molecule has 0 aliphatic carbocycles. The Morgan fingerprint density at radius 2 is 2.35 bits per heavy atom.